The van der Waals surface area contributed by atoms with Crippen LogP contribution in [0, 0.1) is 0 Å². The summed E-state index contributed by atoms with van der Waals surface area (Å²) in [5.74, 6) is 0.412. The van der Waals surface area contributed by atoms with Crippen LogP contribution in [0.4, 0.5) is 0 Å². The van der Waals surface area contributed by atoms with E-state index >= 15 is 0 Å². The van der Waals surface area contributed by atoms with Gasteiger partial charge < -0.3 is 10.2 Å². The first kappa shape index (κ1) is 25.3. The second kappa shape index (κ2) is 11.8. The fraction of sp³-hybridized carbons (Fsp3) is 0.250. The van der Waals surface area contributed by atoms with E-state index < -0.39 is 0 Å². The Balaban J connectivity index is 0.000000160. The molecular weight excluding hydrogens is 441 g/mol. The molecule has 0 saturated carbocycles. The van der Waals surface area contributed by atoms with Crippen LogP contribution in [-0.2, 0) is 51.4 Å². The van der Waals surface area contributed by atoms with Gasteiger partial charge >= 0.3 is 23.1 Å². The van der Waals surface area contributed by atoms with E-state index in [1.54, 1.807) is 0 Å². The van der Waals surface area contributed by atoms with Crippen molar-refractivity contribution in [1.82, 2.24) is 0 Å². The molecule has 0 heterocycles. The molecule has 0 amide bonds. The van der Waals surface area contributed by atoms with Gasteiger partial charge in [-0.25, -0.2) is 0 Å². The molecule has 0 spiro atoms. The van der Waals surface area contributed by atoms with Crippen molar-refractivity contribution in [3.63, 3.8) is 0 Å². The Morgan fingerprint density at radius 3 is 0.914 bits per heavy atom. The molecule has 0 unspecified atom stereocenters. The Bertz CT molecular complexity index is 1160. The van der Waals surface area contributed by atoms with E-state index in [-0.39, 0.29) is 34.6 Å². The summed E-state index contributed by atoms with van der Waals surface area (Å²) in [6, 6.07) is 29.4. The molecule has 172 valence electrons. The maximum atomic E-state index is 11.9. The van der Waals surface area contributed by atoms with E-state index in [1.807, 2.05) is 24.3 Å². The van der Waals surface area contributed by atoms with Gasteiger partial charge in [-0.1, -0.05) is 96.1 Å². The summed E-state index contributed by atoms with van der Waals surface area (Å²) in [5, 5.41) is 23.8. The fourth-order valence-electron chi connectivity index (χ4n) is 4.80. The second-order valence-corrected chi connectivity index (χ2v) is 9.52. The van der Waals surface area contributed by atoms with Gasteiger partial charge in [0.25, 0.3) is 0 Å². The number of hydrogen-bond donors (Lipinski definition) is 0. The molecule has 12 rings (SSSR count). The van der Waals surface area contributed by atoms with Gasteiger partial charge in [0.15, 0.2) is 0 Å². The van der Waals surface area contributed by atoms with Gasteiger partial charge in [-0.05, 0) is 84.7 Å². The van der Waals surface area contributed by atoms with E-state index in [0.29, 0.717) is 0 Å². The Labute approximate surface area is 224 Å². The average molecular weight is 471 g/mol. The Kier molecular flexibility index (Phi) is 8.53. The zero-order chi connectivity index (χ0) is 23.3. The Hall–Kier alpha value is -2.75. The minimum absolute atomic E-state index is 0. The molecule has 8 aliphatic carbocycles. The standard InChI is InChI=1S/2C16H16O.Mg/c2*17-16-11-14-6-5-12-1-3-13(4-2-12)7-9-15(16)10-8-14;/h2*1-4,8,10-11,17H,5-7,9H2;/q;;+2/p-2. The van der Waals surface area contributed by atoms with E-state index in [0.717, 1.165) is 73.6 Å². The fourth-order valence-corrected chi connectivity index (χ4v) is 4.80. The van der Waals surface area contributed by atoms with E-state index in [1.165, 1.54) is 22.3 Å². The van der Waals surface area contributed by atoms with Crippen LogP contribution in [0.2, 0.25) is 0 Å². The molecule has 4 aromatic carbocycles. The molecule has 0 N–H and O–H groups in total. The van der Waals surface area contributed by atoms with Gasteiger partial charge in [0, 0.05) is 0 Å². The molecule has 0 saturated heterocycles. The molecular formula is C32H30MgO2. The molecule has 35 heavy (non-hydrogen) atoms. The molecule has 2 nitrogen and oxygen atoms in total. The van der Waals surface area contributed by atoms with Crippen molar-refractivity contribution in [3.05, 3.63) is 129 Å². The third-order valence-electron chi connectivity index (χ3n) is 7.08. The SMILES string of the molecule is [Mg+2].[O-]c1cc2ccc1CCc1ccc(cc1)CC2.[O-]c1cc2ccc1CCc1ccc(cc1)CC2. The number of rotatable bonds is 0. The van der Waals surface area contributed by atoms with Crippen molar-refractivity contribution in [2.75, 3.05) is 0 Å². The van der Waals surface area contributed by atoms with Crippen molar-refractivity contribution in [2.24, 2.45) is 0 Å². The maximum Gasteiger partial charge on any atom is 2.00 e. The molecule has 3 heteroatoms. The Morgan fingerprint density at radius 2 is 0.600 bits per heavy atom. The molecule has 8 aliphatic rings. The smallest absolute Gasteiger partial charge is 0.872 e. The first-order valence-corrected chi connectivity index (χ1v) is 12.4. The van der Waals surface area contributed by atoms with Crippen LogP contribution >= 0.6 is 0 Å². The van der Waals surface area contributed by atoms with Crippen LogP contribution in [0.25, 0.3) is 0 Å². The van der Waals surface area contributed by atoms with Crippen molar-refractivity contribution in [2.45, 2.75) is 51.4 Å². The maximum absolute atomic E-state index is 11.9. The zero-order valence-electron chi connectivity index (χ0n) is 20.3. The number of benzene rings is 4. The van der Waals surface area contributed by atoms with Crippen molar-refractivity contribution in [1.29, 1.82) is 0 Å². The normalized spacial score (nSPS) is 13.9. The average Bonchev–Trinajstić information content (AvgIpc) is 2.84. The van der Waals surface area contributed by atoms with E-state index in [2.05, 4.69) is 60.7 Å². The summed E-state index contributed by atoms with van der Waals surface area (Å²) >= 11 is 0. The second-order valence-electron chi connectivity index (χ2n) is 9.52. The van der Waals surface area contributed by atoms with E-state index in [4.69, 9.17) is 0 Å². The summed E-state index contributed by atoms with van der Waals surface area (Å²) in [5.41, 5.74) is 9.54. The zero-order valence-corrected chi connectivity index (χ0v) is 21.7. The molecule has 0 radical (unpaired) electrons. The van der Waals surface area contributed by atoms with Crippen LogP contribution in [0.15, 0.2) is 84.9 Å². The first-order chi connectivity index (χ1) is 16.6. The number of aryl methyl sites for hydroxylation is 8. The summed E-state index contributed by atoms with van der Waals surface area (Å²) in [7, 11) is 0. The molecule has 4 aromatic rings. The van der Waals surface area contributed by atoms with Crippen molar-refractivity contribution >= 4 is 23.1 Å². The topological polar surface area (TPSA) is 46.1 Å². The van der Waals surface area contributed by atoms with Crippen LogP contribution < -0.4 is 10.2 Å². The van der Waals surface area contributed by atoms with Gasteiger partial charge in [-0.2, -0.15) is 0 Å². The van der Waals surface area contributed by atoms with Crippen LogP contribution in [0.5, 0.6) is 11.5 Å². The summed E-state index contributed by atoms with van der Waals surface area (Å²) in [6.07, 6.45) is 7.53. The Morgan fingerprint density at radius 1 is 0.343 bits per heavy atom. The quantitative estimate of drug-likeness (QED) is 0.343. The van der Waals surface area contributed by atoms with E-state index in [9.17, 15) is 10.2 Å². The van der Waals surface area contributed by atoms with Crippen molar-refractivity contribution < 1.29 is 10.2 Å². The number of hydrogen-bond acceptors (Lipinski definition) is 2. The van der Waals surface area contributed by atoms with Crippen molar-refractivity contribution in [3.8, 4) is 11.5 Å². The van der Waals surface area contributed by atoms with Crippen LogP contribution in [-0.4, -0.2) is 23.1 Å². The van der Waals surface area contributed by atoms with Gasteiger partial charge in [0.2, 0.25) is 0 Å². The van der Waals surface area contributed by atoms with Gasteiger partial charge in [0.05, 0.1) is 0 Å². The summed E-state index contributed by atoms with van der Waals surface area (Å²) < 4.78 is 0. The third-order valence-corrected chi connectivity index (χ3v) is 7.08. The van der Waals surface area contributed by atoms with Crippen LogP contribution in [0.1, 0.15) is 44.5 Å². The minimum Gasteiger partial charge on any atom is -0.872 e. The molecule has 0 aliphatic heterocycles. The molecule has 8 bridgehead atoms. The van der Waals surface area contributed by atoms with Gasteiger partial charge in [-0.3, -0.25) is 0 Å². The third kappa shape index (κ3) is 6.68. The minimum atomic E-state index is 0. The largest absolute Gasteiger partial charge is 2.00 e. The summed E-state index contributed by atoms with van der Waals surface area (Å²) in [6.45, 7) is 0. The molecule has 0 aromatic heterocycles. The summed E-state index contributed by atoms with van der Waals surface area (Å²) in [4.78, 5) is 0. The molecule has 0 atom stereocenters. The van der Waals surface area contributed by atoms with Crippen LogP contribution in [0.3, 0.4) is 0 Å². The van der Waals surface area contributed by atoms with Gasteiger partial charge in [0.1, 0.15) is 0 Å². The monoisotopic (exact) mass is 470 g/mol. The molecule has 0 fully saturated rings. The van der Waals surface area contributed by atoms with Gasteiger partial charge in [-0.15, -0.1) is 11.5 Å². The predicted octanol–water partition coefficient (Wildman–Crippen LogP) is 4.91. The first-order valence-electron chi connectivity index (χ1n) is 12.4. The predicted molar refractivity (Wildman–Crippen MR) is 140 cm³/mol.